The molecule has 0 spiro atoms. The van der Waals surface area contributed by atoms with E-state index in [1.807, 2.05) is 54.3 Å². The number of carbonyl (C=O) groups is 1. The van der Waals surface area contributed by atoms with Gasteiger partial charge in [0.2, 0.25) is 12.7 Å². The highest BCUT2D eigenvalue weighted by Crippen LogP contribution is 2.48. The minimum Gasteiger partial charge on any atom is -0.454 e. The lowest BCUT2D eigenvalue weighted by molar-refractivity contribution is -0.117. The van der Waals surface area contributed by atoms with E-state index in [0.29, 0.717) is 0 Å². The summed E-state index contributed by atoms with van der Waals surface area (Å²) in [6.45, 7) is 2.19. The van der Waals surface area contributed by atoms with E-state index in [2.05, 4.69) is 4.98 Å². The molecule has 2 aliphatic rings. The summed E-state index contributed by atoms with van der Waals surface area (Å²) in [4.78, 5) is 19.3. The molecule has 0 radical (unpaired) electrons. The first-order valence-electron chi connectivity index (χ1n) is 7.94. The normalized spacial score (nSPS) is 22.1. The number of rotatable bonds is 2. The highest BCUT2D eigenvalue weighted by atomic mass is 32.2. The predicted molar refractivity (Wildman–Crippen MR) is 99.5 cm³/mol. The summed E-state index contributed by atoms with van der Waals surface area (Å²) in [5.41, 5.74) is 1.94. The van der Waals surface area contributed by atoms with Crippen LogP contribution in [0.4, 0.5) is 5.13 Å². The van der Waals surface area contributed by atoms with Crippen LogP contribution in [0.15, 0.2) is 42.5 Å². The molecule has 0 bridgehead atoms. The minimum atomic E-state index is -0.113. The molecule has 5 rings (SSSR count). The van der Waals surface area contributed by atoms with E-state index in [4.69, 9.17) is 9.47 Å². The number of anilines is 1. The Balaban J connectivity index is 1.59. The number of benzene rings is 2. The van der Waals surface area contributed by atoms with Gasteiger partial charge in [-0.05, 0) is 36.8 Å². The van der Waals surface area contributed by atoms with Crippen molar-refractivity contribution in [1.29, 1.82) is 0 Å². The van der Waals surface area contributed by atoms with Crippen LogP contribution in [-0.2, 0) is 4.79 Å². The number of fused-ring (bicyclic) bond motifs is 2. The zero-order chi connectivity index (χ0) is 17.0. The molecule has 0 unspecified atom stereocenters. The molecule has 0 saturated carbocycles. The lowest BCUT2D eigenvalue weighted by Gasteiger charge is -2.21. The van der Waals surface area contributed by atoms with Crippen LogP contribution in [0.25, 0.3) is 10.2 Å². The van der Waals surface area contributed by atoms with E-state index in [-0.39, 0.29) is 23.3 Å². The number of carbonyl (C=O) groups excluding carboxylic acids is 1. The van der Waals surface area contributed by atoms with Gasteiger partial charge in [0.1, 0.15) is 5.37 Å². The van der Waals surface area contributed by atoms with Crippen LogP contribution in [-0.4, -0.2) is 22.9 Å². The minimum absolute atomic E-state index is 0.0896. The topological polar surface area (TPSA) is 51.7 Å². The van der Waals surface area contributed by atoms with Gasteiger partial charge in [-0.15, -0.1) is 11.8 Å². The number of para-hydroxylation sites is 1. The molecule has 1 amide bonds. The summed E-state index contributed by atoms with van der Waals surface area (Å²) >= 11 is 3.18. The maximum Gasteiger partial charge on any atom is 0.242 e. The summed E-state index contributed by atoms with van der Waals surface area (Å²) < 4.78 is 12.0. The molecule has 25 heavy (non-hydrogen) atoms. The number of ether oxygens (including phenoxy) is 2. The van der Waals surface area contributed by atoms with Crippen LogP contribution >= 0.6 is 23.1 Å². The van der Waals surface area contributed by atoms with Crippen molar-refractivity contribution in [2.45, 2.75) is 17.5 Å². The van der Waals surface area contributed by atoms with Gasteiger partial charge < -0.3 is 9.47 Å². The zero-order valence-corrected chi connectivity index (χ0v) is 15.0. The Labute approximate surface area is 152 Å². The third-order valence-corrected chi connectivity index (χ3v) is 6.71. The molecule has 1 fully saturated rings. The molecule has 1 saturated heterocycles. The molecule has 0 aliphatic carbocycles. The Kier molecular flexibility index (Phi) is 3.39. The number of thiazole rings is 1. The van der Waals surface area contributed by atoms with Gasteiger partial charge in [-0.2, -0.15) is 0 Å². The average molecular weight is 370 g/mol. The number of nitrogens with zero attached hydrogens (tertiary/aromatic N) is 2. The third-order valence-electron chi connectivity index (χ3n) is 4.32. The van der Waals surface area contributed by atoms with Crippen LogP contribution in [0.5, 0.6) is 11.5 Å². The molecule has 2 aromatic carbocycles. The van der Waals surface area contributed by atoms with Crippen molar-refractivity contribution in [3.05, 3.63) is 48.0 Å². The quantitative estimate of drug-likeness (QED) is 0.677. The van der Waals surface area contributed by atoms with Crippen LogP contribution in [0.2, 0.25) is 0 Å². The fraction of sp³-hybridized carbons (Fsp3) is 0.222. The first-order valence-corrected chi connectivity index (χ1v) is 9.70. The van der Waals surface area contributed by atoms with Gasteiger partial charge in [-0.3, -0.25) is 9.69 Å². The molecule has 126 valence electrons. The average Bonchev–Trinajstić information content (AvgIpc) is 3.31. The maximum atomic E-state index is 12.8. The van der Waals surface area contributed by atoms with Gasteiger partial charge in [0.15, 0.2) is 16.6 Å². The molecule has 2 aliphatic heterocycles. The second-order valence-corrected chi connectivity index (χ2v) is 8.35. The van der Waals surface area contributed by atoms with Gasteiger partial charge >= 0.3 is 0 Å². The van der Waals surface area contributed by atoms with Crippen LogP contribution in [0.3, 0.4) is 0 Å². The number of hydrogen-bond donors (Lipinski definition) is 0. The van der Waals surface area contributed by atoms with Crippen molar-refractivity contribution in [3.8, 4) is 11.5 Å². The standard InChI is InChI=1S/C18H14N2O3S2/c1-10-16(21)20(18-19-12-4-2-3-5-15(12)25-18)17(24-10)11-6-7-13-14(8-11)23-9-22-13/h2-8,10,17H,9H2,1H3/t10-,17-/m1/s1. The molecular formula is C18H14N2O3S2. The van der Waals surface area contributed by atoms with Crippen molar-refractivity contribution < 1.29 is 14.3 Å². The second kappa shape index (κ2) is 5.64. The summed E-state index contributed by atoms with van der Waals surface area (Å²) in [6.07, 6.45) is 0. The second-order valence-electron chi connectivity index (χ2n) is 5.92. The largest absolute Gasteiger partial charge is 0.454 e. The first kappa shape index (κ1) is 15.0. The lowest BCUT2D eigenvalue weighted by Crippen LogP contribution is -2.29. The van der Waals surface area contributed by atoms with Gasteiger partial charge in [0.25, 0.3) is 0 Å². The molecule has 2 atom stereocenters. The van der Waals surface area contributed by atoms with E-state index in [9.17, 15) is 4.79 Å². The van der Waals surface area contributed by atoms with Gasteiger partial charge in [0, 0.05) is 0 Å². The highest BCUT2D eigenvalue weighted by Gasteiger charge is 2.41. The number of aromatic nitrogens is 1. The van der Waals surface area contributed by atoms with Crippen molar-refractivity contribution in [2.24, 2.45) is 0 Å². The first-order chi connectivity index (χ1) is 12.2. The Bertz CT molecular complexity index is 954. The molecular weight excluding hydrogens is 356 g/mol. The summed E-state index contributed by atoms with van der Waals surface area (Å²) in [5.74, 6) is 1.57. The van der Waals surface area contributed by atoms with Crippen molar-refractivity contribution in [3.63, 3.8) is 0 Å². The zero-order valence-electron chi connectivity index (χ0n) is 13.3. The summed E-state index contributed by atoms with van der Waals surface area (Å²) in [7, 11) is 0. The van der Waals surface area contributed by atoms with Crippen LogP contribution in [0, 0.1) is 0 Å². The lowest BCUT2D eigenvalue weighted by atomic mass is 10.2. The number of thioether (sulfide) groups is 1. The monoisotopic (exact) mass is 370 g/mol. The van der Waals surface area contributed by atoms with Crippen molar-refractivity contribution in [1.82, 2.24) is 4.98 Å². The number of hydrogen-bond acceptors (Lipinski definition) is 6. The molecule has 3 heterocycles. The van der Waals surface area contributed by atoms with E-state index >= 15 is 0 Å². The van der Waals surface area contributed by atoms with Crippen molar-refractivity contribution >= 4 is 44.4 Å². The molecule has 3 aromatic rings. The Morgan fingerprint density at radius 2 is 2.00 bits per heavy atom. The molecule has 1 aromatic heterocycles. The van der Waals surface area contributed by atoms with Gasteiger partial charge in [0.05, 0.1) is 15.5 Å². The predicted octanol–water partition coefficient (Wildman–Crippen LogP) is 4.19. The molecule has 0 N–H and O–H groups in total. The van der Waals surface area contributed by atoms with E-state index in [1.165, 1.54) is 0 Å². The maximum absolute atomic E-state index is 12.8. The Morgan fingerprint density at radius 1 is 1.16 bits per heavy atom. The smallest absolute Gasteiger partial charge is 0.242 e. The van der Waals surface area contributed by atoms with Crippen molar-refractivity contribution in [2.75, 3.05) is 11.7 Å². The fourth-order valence-corrected chi connectivity index (χ4v) is 5.39. The molecule has 7 heteroatoms. The SMILES string of the molecule is C[C@H]1S[C@H](c2ccc3c(c2)OCO3)N(c2nc3ccccc3s2)C1=O. The van der Waals surface area contributed by atoms with E-state index in [0.717, 1.165) is 32.4 Å². The number of amides is 1. The van der Waals surface area contributed by atoms with E-state index < -0.39 is 0 Å². The Morgan fingerprint density at radius 3 is 2.88 bits per heavy atom. The van der Waals surface area contributed by atoms with Crippen LogP contribution < -0.4 is 14.4 Å². The fourth-order valence-electron chi connectivity index (χ4n) is 3.08. The van der Waals surface area contributed by atoms with E-state index in [1.54, 1.807) is 23.1 Å². The van der Waals surface area contributed by atoms with Gasteiger partial charge in [-0.25, -0.2) is 4.98 Å². The highest BCUT2D eigenvalue weighted by molar-refractivity contribution is 8.01. The van der Waals surface area contributed by atoms with Gasteiger partial charge in [-0.1, -0.05) is 29.5 Å². The molecule has 5 nitrogen and oxygen atoms in total. The summed E-state index contributed by atoms with van der Waals surface area (Å²) in [6, 6.07) is 13.8. The third kappa shape index (κ3) is 2.38. The summed E-state index contributed by atoms with van der Waals surface area (Å²) in [5, 5.41) is 0.519. The van der Waals surface area contributed by atoms with Crippen LogP contribution in [0.1, 0.15) is 17.9 Å². The Hall–Kier alpha value is -2.25.